The number of aromatic nitrogens is 2. The number of imidazole rings is 1. The van der Waals surface area contributed by atoms with Gasteiger partial charge in [0.25, 0.3) is 5.91 Å². The molecular weight excluding hydrogens is 375 g/mol. The Morgan fingerprint density at radius 1 is 1.19 bits per heavy atom. The Labute approximate surface area is 166 Å². The zero-order valence-electron chi connectivity index (χ0n) is 14.6. The lowest BCUT2D eigenvalue weighted by atomic mass is 10.1. The first kappa shape index (κ1) is 22.4. The lowest BCUT2D eigenvalue weighted by Gasteiger charge is -2.32. The lowest BCUT2D eigenvalue weighted by Crippen LogP contribution is -2.41. The summed E-state index contributed by atoms with van der Waals surface area (Å²) in [6.45, 7) is 2.79. The third-order valence-corrected chi connectivity index (χ3v) is 4.32. The van der Waals surface area contributed by atoms with Gasteiger partial charge in [0, 0.05) is 25.4 Å². The fraction of sp³-hybridized carbons (Fsp3) is 0.444. The molecule has 1 aliphatic heterocycles. The van der Waals surface area contributed by atoms with Gasteiger partial charge in [0.1, 0.15) is 5.69 Å². The van der Waals surface area contributed by atoms with Gasteiger partial charge in [0.2, 0.25) is 0 Å². The second-order valence-corrected chi connectivity index (χ2v) is 5.99. The number of likely N-dealkylation sites (tertiary alicyclic amines) is 1. The van der Waals surface area contributed by atoms with E-state index in [0.717, 1.165) is 24.9 Å². The molecule has 0 atom stereocenters. The maximum absolute atomic E-state index is 12.8. The molecule has 1 saturated heterocycles. The van der Waals surface area contributed by atoms with Crippen LogP contribution in [0.5, 0.6) is 0 Å². The van der Waals surface area contributed by atoms with Crippen molar-refractivity contribution in [1.82, 2.24) is 14.5 Å². The fourth-order valence-electron chi connectivity index (χ4n) is 2.97. The van der Waals surface area contributed by atoms with Crippen LogP contribution in [0.4, 0.5) is 0 Å². The summed E-state index contributed by atoms with van der Waals surface area (Å²) >= 11 is 0. The number of para-hydroxylation sites is 1. The number of nitrogens with zero attached hydrogens (tertiary/aromatic N) is 3. The topological polar surface area (TPSA) is 73.4 Å². The van der Waals surface area contributed by atoms with E-state index in [2.05, 4.69) is 4.98 Å². The number of carbonyl (C=O) groups excluding carboxylic acids is 1. The van der Waals surface area contributed by atoms with E-state index in [1.807, 2.05) is 39.8 Å². The molecule has 1 fully saturated rings. The van der Waals surface area contributed by atoms with Crippen LogP contribution in [0, 0.1) is 0 Å². The van der Waals surface area contributed by atoms with Crippen molar-refractivity contribution in [3.05, 3.63) is 48.5 Å². The Kier molecular flexibility index (Phi) is 9.65. The van der Waals surface area contributed by atoms with Gasteiger partial charge in [-0.15, -0.1) is 24.8 Å². The molecule has 1 aromatic carbocycles. The molecule has 1 aromatic heterocycles. The Balaban J connectivity index is 0.00000169. The second-order valence-electron chi connectivity index (χ2n) is 5.99. The Morgan fingerprint density at radius 3 is 2.54 bits per heavy atom. The predicted octanol–water partition coefficient (Wildman–Crippen LogP) is 2.69. The summed E-state index contributed by atoms with van der Waals surface area (Å²) in [7, 11) is 0. The lowest BCUT2D eigenvalue weighted by molar-refractivity contribution is 0.00823. The molecule has 0 spiro atoms. The van der Waals surface area contributed by atoms with Crippen LogP contribution in [-0.4, -0.2) is 52.7 Å². The van der Waals surface area contributed by atoms with Crippen molar-refractivity contribution in [3.8, 4) is 5.69 Å². The van der Waals surface area contributed by atoms with Gasteiger partial charge >= 0.3 is 0 Å². The van der Waals surface area contributed by atoms with Gasteiger partial charge in [-0.1, -0.05) is 18.2 Å². The first-order chi connectivity index (χ1) is 11.8. The van der Waals surface area contributed by atoms with Gasteiger partial charge in [-0.05, 0) is 37.9 Å². The van der Waals surface area contributed by atoms with Crippen LogP contribution in [0.25, 0.3) is 5.69 Å². The highest BCUT2D eigenvalue weighted by molar-refractivity contribution is 5.93. The molecule has 3 rings (SSSR count). The van der Waals surface area contributed by atoms with E-state index in [-0.39, 0.29) is 36.8 Å². The summed E-state index contributed by atoms with van der Waals surface area (Å²) in [4.78, 5) is 18.9. The van der Waals surface area contributed by atoms with E-state index in [4.69, 9.17) is 10.5 Å². The normalized spacial score (nSPS) is 14.4. The number of halogens is 2. The maximum Gasteiger partial charge on any atom is 0.272 e. The first-order valence-electron chi connectivity index (χ1n) is 8.48. The molecule has 1 aliphatic rings. The number of ether oxygens (including phenoxy) is 1. The van der Waals surface area contributed by atoms with Crippen molar-refractivity contribution in [3.63, 3.8) is 0 Å². The van der Waals surface area contributed by atoms with Crippen molar-refractivity contribution in [2.24, 2.45) is 5.73 Å². The first-order valence-corrected chi connectivity index (χ1v) is 8.48. The number of hydrogen-bond acceptors (Lipinski definition) is 4. The summed E-state index contributed by atoms with van der Waals surface area (Å²) in [6.07, 6.45) is 6.19. The number of benzene rings is 1. The zero-order chi connectivity index (χ0) is 16.8. The molecular formula is C18H26Cl2N4O2. The van der Waals surface area contributed by atoms with Crippen molar-refractivity contribution in [2.75, 3.05) is 26.2 Å². The van der Waals surface area contributed by atoms with Crippen LogP contribution in [0.3, 0.4) is 0 Å². The van der Waals surface area contributed by atoms with Crippen LogP contribution in [0.15, 0.2) is 42.9 Å². The number of hydrogen-bond donors (Lipinski definition) is 1. The molecule has 8 heteroatoms. The number of carbonyl (C=O) groups is 1. The van der Waals surface area contributed by atoms with E-state index < -0.39 is 0 Å². The minimum Gasteiger partial charge on any atom is -0.378 e. The largest absolute Gasteiger partial charge is 0.378 e. The number of amides is 1. The minimum absolute atomic E-state index is 0. The average Bonchev–Trinajstić information content (AvgIpc) is 3.12. The Morgan fingerprint density at radius 2 is 1.88 bits per heavy atom. The second kappa shape index (κ2) is 11.2. The summed E-state index contributed by atoms with van der Waals surface area (Å²) in [5.41, 5.74) is 7.02. The van der Waals surface area contributed by atoms with Crippen molar-refractivity contribution >= 4 is 30.7 Å². The van der Waals surface area contributed by atoms with Gasteiger partial charge < -0.3 is 15.4 Å². The van der Waals surface area contributed by atoms with Crippen LogP contribution in [-0.2, 0) is 4.74 Å². The Bertz CT molecular complexity index is 658. The average molecular weight is 401 g/mol. The van der Waals surface area contributed by atoms with Gasteiger partial charge in [-0.2, -0.15) is 0 Å². The van der Waals surface area contributed by atoms with Gasteiger partial charge in [0.05, 0.1) is 18.6 Å². The summed E-state index contributed by atoms with van der Waals surface area (Å²) in [6, 6.07) is 9.80. The van der Waals surface area contributed by atoms with Crippen LogP contribution >= 0.6 is 24.8 Å². The number of rotatable bonds is 6. The molecule has 144 valence electrons. The molecule has 2 N–H and O–H groups in total. The summed E-state index contributed by atoms with van der Waals surface area (Å²) in [5.74, 6) is 0.0248. The molecule has 0 bridgehead atoms. The molecule has 1 amide bonds. The molecule has 2 heterocycles. The molecule has 6 nitrogen and oxygen atoms in total. The van der Waals surface area contributed by atoms with Crippen molar-refractivity contribution < 1.29 is 9.53 Å². The summed E-state index contributed by atoms with van der Waals surface area (Å²) < 4.78 is 7.64. The molecule has 0 aliphatic carbocycles. The third-order valence-electron chi connectivity index (χ3n) is 4.32. The van der Waals surface area contributed by atoms with Crippen molar-refractivity contribution in [2.45, 2.75) is 25.4 Å². The van der Waals surface area contributed by atoms with E-state index in [0.29, 0.717) is 31.9 Å². The SMILES string of the molecule is Cl.Cl.NCCCOC1CCN(C(=O)c2cncn2-c2ccccc2)CC1. The fourth-order valence-corrected chi connectivity index (χ4v) is 2.97. The third kappa shape index (κ3) is 5.45. The number of piperidine rings is 1. The smallest absolute Gasteiger partial charge is 0.272 e. The molecule has 0 radical (unpaired) electrons. The van der Waals surface area contributed by atoms with E-state index in [9.17, 15) is 4.79 Å². The minimum atomic E-state index is 0. The van der Waals surface area contributed by atoms with E-state index >= 15 is 0 Å². The van der Waals surface area contributed by atoms with E-state index in [1.54, 1.807) is 12.5 Å². The quantitative estimate of drug-likeness (QED) is 0.756. The zero-order valence-corrected chi connectivity index (χ0v) is 16.3. The highest BCUT2D eigenvalue weighted by atomic mass is 35.5. The number of nitrogens with two attached hydrogens (primary N) is 1. The van der Waals surface area contributed by atoms with Crippen LogP contribution in [0.1, 0.15) is 29.8 Å². The van der Waals surface area contributed by atoms with E-state index in [1.165, 1.54) is 0 Å². The molecule has 0 unspecified atom stereocenters. The molecule has 0 saturated carbocycles. The van der Waals surface area contributed by atoms with Crippen LogP contribution in [0.2, 0.25) is 0 Å². The monoisotopic (exact) mass is 400 g/mol. The Hall–Kier alpha value is -1.60. The van der Waals surface area contributed by atoms with Crippen molar-refractivity contribution in [1.29, 1.82) is 0 Å². The molecule has 2 aromatic rings. The summed E-state index contributed by atoms with van der Waals surface area (Å²) in [5, 5.41) is 0. The van der Waals surface area contributed by atoms with Gasteiger partial charge in [-0.25, -0.2) is 4.98 Å². The molecule has 26 heavy (non-hydrogen) atoms. The standard InChI is InChI=1S/C18H24N4O2.2ClH/c19-9-4-12-24-16-7-10-21(11-8-16)18(23)17-13-20-14-22(17)15-5-2-1-3-6-15;;/h1-3,5-6,13-14,16H,4,7-12,19H2;2*1H. The predicted molar refractivity (Wildman–Crippen MR) is 107 cm³/mol. The maximum atomic E-state index is 12.8. The highest BCUT2D eigenvalue weighted by Gasteiger charge is 2.26. The van der Waals surface area contributed by atoms with Gasteiger partial charge in [0.15, 0.2) is 0 Å². The highest BCUT2D eigenvalue weighted by Crippen LogP contribution is 2.18. The van der Waals surface area contributed by atoms with Gasteiger partial charge in [-0.3, -0.25) is 9.36 Å². The van der Waals surface area contributed by atoms with Crippen LogP contribution < -0.4 is 5.73 Å².